The quantitative estimate of drug-likeness (QED) is 0.0694. The number of halogens is 1. The molecule has 3 N–H and O–H groups in total. The molecule has 0 radical (unpaired) electrons. The topological polar surface area (TPSA) is 120 Å². The Morgan fingerprint density at radius 3 is 2.55 bits per heavy atom. The number of allylic oxidation sites excluding steroid dienone is 1. The molecule has 0 spiro atoms. The number of carbonyl (C=O) groups excluding carboxylic acids is 2. The molecule has 5 rings (SSSR count). The van der Waals surface area contributed by atoms with Crippen molar-refractivity contribution in [2.75, 3.05) is 20.3 Å². The van der Waals surface area contributed by atoms with Crippen LogP contribution in [0.5, 0.6) is 17.2 Å². The largest absolute Gasteiger partial charge is 0.493 e. The van der Waals surface area contributed by atoms with Crippen LogP contribution in [0.2, 0.25) is 0 Å². The Morgan fingerprint density at radius 1 is 1.00 bits per heavy atom. The van der Waals surface area contributed by atoms with Gasteiger partial charge in [0.25, 0.3) is 5.91 Å². The van der Waals surface area contributed by atoms with Crippen molar-refractivity contribution in [3.05, 3.63) is 111 Å². The first-order valence-corrected chi connectivity index (χ1v) is 15.9. The summed E-state index contributed by atoms with van der Waals surface area (Å²) in [6.07, 6.45) is 1.49. The van der Waals surface area contributed by atoms with E-state index < -0.39 is 17.9 Å². The van der Waals surface area contributed by atoms with E-state index in [1.54, 1.807) is 45.2 Å². The van der Waals surface area contributed by atoms with E-state index in [0.29, 0.717) is 55.8 Å². The SMILES string of the molecule is CCOC(=O)C1=C(C)NC(=S)N[C@@H]1c1ccccc1OCC(=O)NN=Cc1cc(Br)c(OCc2ccc3ccccc3c2)c(OC)c1. The number of esters is 1. The fourth-order valence-corrected chi connectivity index (χ4v) is 5.89. The number of nitrogens with zero attached hydrogens (tertiary/aromatic N) is 1. The lowest BCUT2D eigenvalue weighted by Gasteiger charge is -2.30. The molecule has 0 saturated carbocycles. The smallest absolute Gasteiger partial charge is 0.338 e. The Balaban J connectivity index is 1.21. The standard InChI is InChI=1S/C35H33BrN4O6S/c1-4-44-34(42)31-21(2)38-35(47)39-32(31)26-11-7-8-12-28(26)45-20-30(41)40-37-18-23-16-27(36)33(29(17-23)43-3)46-19-22-13-14-24-9-5-6-10-25(24)15-22/h5-18,32H,4,19-20H2,1-3H3,(H,40,41)(H2,38,39,47)/t32-/m1/s1. The van der Waals surface area contributed by atoms with Gasteiger partial charge in [-0.3, -0.25) is 4.79 Å². The second-order valence-corrected chi connectivity index (χ2v) is 11.7. The van der Waals surface area contributed by atoms with Crippen LogP contribution in [0.4, 0.5) is 0 Å². The number of methoxy groups -OCH3 is 1. The van der Waals surface area contributed by atoms with Gasteiger partial charge in [0.05, 0.1) is 36.0 Å². The molecular formula is C35H33BrN4O6S. The van der Waals surface area contributed by atoms with E-state index in [4.69, 9.17) is 31.2 Å². The van der Waals surface area contributed by atoms with Gasteiger partial charge in [-0.2, -0.15) is 5.10 Å². The summed E-state index contributed by atoms with van der Waals surface area (Å²) in [6, 6.07) is 24.4. The van der Waals surface area contributed by atoms with Crippen molar-refractivity contribution in [2.45, 2.75) is 26.5 Å². The van der Waals surface area contributed by atoms with Gasteiger partial charge in [-0.15, -0.1) is 0 Å². The van der Waals surface area contributed by atoms with Crippen LogP contribution in [0, 0.1) is 0 Å². The van der Waals surface area contributed by atoms with Gasteiger partial charge in [0.1, 0.15) is 12.4 Å². The Morgan fingerprint density at radius 2 is 1.77 bits per heavy atom. The Kier molecular flexibility index (Phi) is 11.1. The third-order valence-electron chi connectivity index (χ3n) is 7.20. The summed E-state index contributed by atoms with van der Waals surface area (Å²) in [6.45, 7) is 3.74. The molecule has 0 aromatic heterocycles. The number of rotatable bonds is 12. The summed E-state index contributed by atoms with van der Waals surface area (Å²) >= 11 is 8.90. The first kappa shape index (κ1) is 33.4. The molecular weight excluding hydrogens is 684 g/mol. The molecule has 0 bridgehead atoms. The maximum absolute atomic E-state index is 12.8. The molecule has 1 amide bonds. The number of carbonyl (C=O) groups is 2. The zero-order valence-electron chi connectivity index (χ0n) is 26.0. The van der Waals surface area contributed by atoms with Gasteiger partial charge in [-0.1, -0.05) is 54.6 Å². The predicted octanol–water partition coefficient (Wildman–Crippen LogP) is 6.07. The minimum absolute atomic E-state index is 0.222. The van der Waals surface area contributed by atoms with E-state index in [1.165, 1.54) is 11.6 Å². The lowest BCUT2D eigenvalue weighted by Crippen LogP contribution is -2.45. The van der Waals surface area contributed by atoms with Crippen LogP contribution >= 0.6 is 28.1 Å². The van der Waals surface area contributed by atoms with Gasteiger partial charge >= 0.3 is 5.97 Å². The fourth-order valence-electron chi connectivity index (χ4n) is 5.05. The minimum Gasteiger partial charge on any atom is -0.493 e. The predicted molar refractivity (Wildman–Crippen MR) is 188 cm³/mol. The molecule has 1 atom stereocenters. The fraction of sp³-hybridized carbons (Fsp3) is 0.200. The Hall–Kier alpha value is -4.94. The van der Waals surface area contributed by atoms with Gasteiger partial charge < -0.3 is 29.6 Å². The number of hydrogen-bond acceptors (Lipinski definition) is 8. The van der Waals surface area contributed by atoms with Crippen LogP contribution in [-0.2, 0) is 20.9 Å². The molecule has 10 nitrogen and oxygen atoms in total. The molecule has 12 heteroatoms. The summed E-state index contributed by atoms with van der Waals surface area (Å²) in [5.74, 6) is 0.492. The van der Waals surface area contributed by atoms with Crippen LogP contribution in [0.3, 0.4) is 0 Å². The molecule has 47 heavy (non-hydrogen) atoms. The first-order valence-electron chi connectivity index (χ1n) is 14.7. The van der Waals surface area contributed by atoms with E-state index >= 15 is 0 Å². The van der Waals surface area contributed by atoms with Crippen molar-refractivity contribution in [1.29, 1.82) is 0 Å². The minimum atomic E-state index is -0.631. The highest BCUT2D eigenvalue weighted by molar-refractivity contribution is 9.10. The third kappa shape index (κ3) is 8.27. The van der Waals surface area contributed by atoms with Crippen LogP contribution in [0.25, 0.3) is 10.8 Å². The molecule has 0 unspecified atom stereocenters. The number of nitrogens with one attached hydrogen (secondary N) is 3. The molecule has 1 aliphatic rings. The number of benzene rings is 4. The van der Waals surface area contributed by atoms with Crippen molar-refractivity contribution in [3.63, 3.8) is 0 Å². The normalized spacial score (nSPS) is 14.4. The second-order valence-electron chi connectivity index (χ2n) is 10.4. The Labute approximate surface area is 286 Å². The molecule has 4 aromatic rings. The summed E-state index contributed by atoms with van der Waals surface area (Å²) in [7, 11) is 1.56. The number of thiocarbonyl (C=S) groups is 1. The third-order valence-corrected chi connectivity index (χ3v) is 8.01. The number of hydrazone groups is 1. The molecule has 1 aliphatic heterocycles. The molecule has 1 heterocycles. The van der Waals surface area contributed by atoms with Crippen LogP contribution in [-0.4, -0.2) is 43.5 Å². The number of ether oxygens (including phenoxy) is 4. The summed E-state index contributed by atoms with van der Waals surface area (Å²) in [4.78, 5) is 25.4. The van der Waals surface area contributed by atoms with E-state index in [2.05, 4.69) is 61.4 Å². The van der Waals surface area contributed by atoms with E-state index in [-0.39, 0.29) is 13.2 Å². The first-order chi connectivity index (χ1) is 22.8. The highest BCUT2D eigenvalue weighted by atomic mass is 79.9. The van der Waals surface area contributed by atoms with Crippen molar-refractivity contribution in [1.82, 2.24) is 16.1 Å². The maximum atomic E-state index is 12.8. The summed E-state index contributed by atoms with van der Waals surface area (Å²) in [5, 5.41) is 12.8. The molecule has 0 saturated heterocycles. The highest BCUT2D eigenvalue weighted by Gasteiger charge is 2.32. The zero-order valence-corrected chi connectivity index (χ0v) is 28.4. The molecule has 242 valence electrons. The van der Waals surface area contributed by atoms with Crippen molar-refractivity contribution < 1.29 is 28.5 Å². The van der Waals surface area contributed by atoms with Crippen molar-refractivity contribution in [3.8, 4) is 17.2 Å². The molecule has 0 aliphatic carbocycles. The van der Waals surface area contributed by atoms with Crippen molar-refractivity contribution >= 4 is 62.1 Å². The van der Waals surface area contributed by atoms with Gasteiger partial charge in [0.15, 0.2) is 23.2 Å². The average Bonchev–Trinajstić information content (AvgIpc) is 3.06. The maximum Gasteiger partial charge on any atom is 0.338 e. The van der Waals surface area contributed by atoms with Crippen LogP contribution in [0.1, 0.15) is 36.6 Å². The van der Waals surface area contributed by atoms with E-state index in [1.807, 2.05) is 30.3 Å². The van der Waals surface area contributed by atoms with Crippen LogP contribution < -0.4 is 30.3 Å². The number of para-hydroxylation sites is 1. The lowest BCUT2D eigenvalue weighted by molar-refractivity contribution is -0.139. The van der Waals surface area contributed by atoms with Gasteiger partial charge in [0, 0.05) is 11.3 Å². The van der Waals surface area contributed by atoms with Gasteiger partial charge in [-0.05, 0) is 88.2 Å². The highest BCUT2D eigenvalue weighted by Crippen LogP contribution is 2.37. The molecule has 4 aromatic carbocycles. The number of fused-ring (bicyclic) bond motifs is 1. The second kappa shape index (κ2) is 15.6. The summed E-state index contributed by atoms with van der Waals surface area (Å²) < 4.78 is 23.5. The Bertz CT molecular complexity index is 1880. The zero-order chi connectivity index (χ0) is 33.3. The van der Waals surface area contributed by atoms with Gasteiger partial charge in [-0.25, -0.2) is 10.2 Å². The van der Waals surface area contributed by atoms with E-state index in [9.17, 15) is 9.59 Å². The molecule has 0 fully saturated rings. The summed E-state index contributed by atoms with van der Waals surface area (Å²) in [5.41, 5.74) is 5.74. The van der Waals surface area contributed by atoms with Gasteiger partial charge in [0.2, 0.25) is 0 Å². The van der Waals surface area contributed by atoms with Crippen LogP contribution in [0.15, 0.2) is 99.7 Å². The lowest BCUT2D eigenvalue weighted by atomic mass is 9.95. The van der Waals surface area contributed by atoms with Crippen molar-refractivity contribution in [2.24, 2.45) is 5.10 Å². The number of hydrogen-bond donors (Lipinski definition) is 3. The number of amides is 1. The average molecular weight is 718 g/mol. The monoisotopic (exact) mass is 716 g/mol. The van der Waals surface area contributed by atoms with E-state index in [0.717, 1.165) is 10.9 Å².